The van der Waals surface area contributed by atoms with Crippen molar-refractivity contribution in [1.29, 1.82) is 0 Å². The van der Waals surface area contributed by atoms with Crippen molar-refractivity contribution in [3.05, 3.63) is 0 Å². The summed E-state index contributed by atoms with van der Waals surface area (Å²) in [5.74, 6) is -0.637. The van der Waals surface area contributed by atoms with E-state index in [4.69, 9.17) is 5.11 Å². The summed E-state index contributed by atoms with van der Waals surface area (Å²) < 4.78 is 0. The molecule has 110 valence electrons. The number of carbonyl (C=O) groups is 2. The molecule has 1 rings (SSSR count). The summed E-state index contributed by atoms with van der Waals surface area (Å²) in [4.78, 5) is 25.5. The fraction of sp³-hybridized carbons (Fsp3) is 0.867. The minimum atomic E-state index is -0.771. The van der Waals surface area contributed by atoms with E-state index in [1.54, 1.807) is 4.90 Å². The van der Waals surface area contributed by atoms with Gasteiger partial charge >= 0.3 is 5.97 Å². The molecule has 1 amide bonds. The van der Waals surface area contributed by atoms with Gasteiger partial charge in [-0.15, -0.1) is 0 Å². The van der Waals surface area contributed by atoms with Crippen molar-refractivity contribution in [1.82, 2.24) is 4.90 Å². The van der Waals surface area contributed by atoms with E-state index in [9.17, 15) is 9.59 Å². The van der Waals surface area contributed by atoms with Crippen molar-refractivity contribution in [2.45, 2.75) is 52.9 Å². The lowest BCUT2D eigenvalue weighted by Gasteiger charge is -2.36. The molecule has 0 aromatic carbocycles. The molecule has 1 saturated heterocycles. The number of hydrogen-bond donors (Lipinski definition) is 1. The molecule has 1 aliphatic rings. The first-order valence-electron chi connectivity index (χ1n) is 7.51. The van der Waals surface area contributed by atoms with Crippen LogP contribution in [0.15, 0.2) is 0 Å². The largest absolute Gasteiger partial charge is 0.481 e. The van der Waals surface area contributed by atoms with Gasteiger partial charge < -0.3 is 10.0 Å². The van der Waals surface area contributed by atoms with Gasteiger partial charge in [0.15, 0.2) is 0 Å². The van der Waals surface area contributed by atoms with Gasteiger partial charge in [-0.1, -0.05) is 33.6 Å². The number of aliphatic carboxylic acids is 1. The van der Waals surface area contributed by atoms with E-state index in [2.05, 4.69) is 13.8 Å². The summed E-state index contributed by atoms with van der Waals surface area (Å²) in [6.07, 6.45) is 4.51. The monoisotopic (exact) mass is 269 g/mol. The summed E-state index contributed by atoms with van der Waals surface area (Å²) in [5, 5.41) is 9.16. The van der Waals surface area contributed by atoms with Gasteiger partial charge in [0.1, 0.15) is 0 Å². The van der Waals surface area contributed by atoms with Gasteiger partial charge in [-0.05, 0) is 25.2 Å². The van der Waals surface area contributed by atoms with E-state index in [-0.39, 0.29) is 17.7 Å². The number of carboxylic acids is 1. The summed E-state index contributed by atoms with van der Waals surface area (Å²) >= 11 is 0. The number of rotatable bonds is 6. The molecule has 19 heavy (non-hydrogen) atoms. The second-order valence-corrected chi connectivity index (χ2v) is 5.89. The second kappa shape index (κ2) is 7.51. The van der Waals surface area contributed by atoms with Crippen molar-refractivity contribution in [2.24, 2.45) is 17.8 Å². The average molecular weight is 269 g/mol. The van der Waals surface area contributed by atoms with Crippen LogP contribution in [0.5, 0.6) is 0 Å². The Balaban J connectivity index is 2.70. The third-order valence-corrected chi connectivity index (χ3v) is 3.94. The van der Waals surface area contributed by atoms with Crippen LogP contribution in [0.25, 0.3) is 0 Å². The molecule has 1 N–H and O–H groups in total. The van der Waals surface area contributed by atoms with E-state index < -0.39 is 11.9 Å². The molecule has 0 aromatic heterocycles. The van der Waals surface area contributed by atoms with E-state index in [0.29, 0.717) is 19.5 Å². The molecule has 1 heterocycles. The molecule has 0 saturated carbocycles. The highest BCUT2D eigenvalue weighted by molar-refractivity contribution is 5.80. The number of piperidine rings is 1. The van der Waals surface area contributed by atoms with E-state index in [1.807, 2.05) is 6.92 Å². The molecule has 1 fully saturated rings. The normalized spacial score (nSPS) is 23.7. The molecule has 0 spiro atoms. The Labute approximate surface area is 116 Å². The number of likely N-dealkylation sites (tertiary alicyclic amines) is 1. The standard InChI is InChI=1S/C15H27NO3/c1-4-6-12(7-5-2)14(17)16-9-11(3)8-13(10-16)15(18)19/h11-13H,4-10H2,1-3H3,(H,18,19). The Hall–Kier alpha value is -1.06. The molecular weight excluding hydrogens is 242 g/mol. The molecular formula is C15H27NO3. The van der Waals surface area contributed by atoms with E-state index in [1.165, 1.54) is 0 Å². The van der Waals surface area contributed by atoms with Crippen LogP contribution in [-0.4, -0.2) is 35.0 Å². The number of carbonyl (C=O) groups excluding carboxylic acids is 1. The van der Waals surface area contributed by atoms with Crippen LogP contribution in [0.3, 0.4) is 0 Å². The summed E-state index contributed by atoms with van der Waals surface area (Å²) in [7, 11) is 0. The van der Waals surface area contributed by atoms with Gasteiger partial charge in [0.2, 0.25) is 5.91 Å². The number of amides is 1. The average Bonchev–Trinajstić information content (AvgIpc) is 2.37. The summed E-state index contributed by atoms with van der Waals surface area (Å²) in [5.41, 5.74) is 0. The predicted molar refractivity (Wildman–Crippen MR) is 74.8 cm³/mol. The lowest BCUT2D eigenvalue weighted by Crippen LogP contribution is -2.47. The maximum absolute atomic E-state index is 12.5. The van der Waals surface area contributed by atoms with E-state index >= 15 is 0 Å². The quantitative estimate of drug-likeness (QED) is 0.806. The number of carboxylic acid groups (broad SMARTS) is 1. The Morgan fingerprint density at radius 2 is 1.79 bits per heavy atom. The van der Waals surface area contributed by atoms with Gasteiger partial charge in [-0.2, -0.15) is 0 Å². The first-order valence-corrected chi connectivity index (χ1v) is 7.51. The van der Waals surface area contributed by atoms with E-state index in [0.717, 1.165) is 25.7 Å². The molecule has 4 heteroatoms. The van der Waals surface area contributed by atoms with Crippen LogP contribution >= 0.6 is 0 Å². The van der Waals surface area contributed by atoms with Gasteiger partial charge in [0.05, 0.1) is 5.92 Å². The Bertz CT molecular complexity index is 311. The molecule has 0 aromatic rings. The molecule has 4 nitrogen and oxygen atoms in total. The Morgan fingerprint density at radius 3 is 2.26 bits per heavy atom. The van der Waals surface area contributed by atoms with Crippen LogP contribution in [0, 0.1) is 17.8 Å². The number of nitrogens with zero attached hydrogens (tertiary/aromatic N) is 1. The van der Waals surface area contributed by atoms with Crippen molar-refractivity contribution in [3.63, 3.8) is 0 Å². The fourth-order valence-electron chi connectivity index (χ4n) is 3.06. The molecule has 0 bridgehead atoms. The van der Waals surface area contributed by atoms with Gasteiger partial charge in [-0.25, -0.2) is 0 Å². The molecule has 0 aliphatic carbocycles. The first kappa shape index (κ1) is 16.0. The van der Waals surface area contributed by atoms with Crippen LogP contribution in [-0.2, 0) is 9.59 Å². The maximum atomic E-state index is 12.5. The highest BCUT2D eigenvalue weighted by atomic mass is 16.4. The SMILES string of the molecule is CCCC(CCC)C(=O)N1CC(C)CC(C(=O)O)C1. The third kappa shape index (κ3) is 4.51. The van der Waals surface area contributed by atoms with Crippen molar-refractivity contribution >= 4 is 11.9 Å². The molecule has 0 radical (unpaired) electrons. The Morgan fingerprint density at radius 1 is 1.21 bits per heavy atom. The third-order valence-electron chi connectivity index (χ3n) is 3.94. The van der Waals surface area contributed by atoms with Gasteiger partial charge in [0, 0.05) is 19.0 Å². The predicted octanol–water partition coefficient (Wildman–Crippen LogP) is 2.77. The maximum Gasteiger partial charge on any atom is 0.308 e. The second-order valence-electron chi connectivity index (χ2n) is 5.89. The topological polar surface area (TPSA) is 57.6 Å². The van der Waals surface area contributed by atoms with Crippen molar-refractivity contribution < 1.29 is 14.7 Å². The fourth-order valence-corrected chi connectivity index (χ4v) is 3.06. The zero-order valence-electron chi connectivity index (χ0n) is 12.4. The highest BCUT2D eigenvalue weighted by Gasteiger charge is 2.33. The lowest BCUT2D eigenvalue weighted by molar-refractivity contribution is -0.148. The van der Waals surface area contributed by atoms with Crippen molar-refractivity contribution in [3.8, 4) is 0 Å². The number of hydrogen-bond acceptors (Lipinski definition) is 2. The molecule has 1 aliphatic heterocycles. The van der Waals surface area contributed by atoms with Crippen molar-refractivity contribution in [2.75, 3.05) is 13.1 Å². The van der Waals surface area contributed by atoms with Crippen LogP contribution < -0.4 is 0 Å². The van der Waals surface area contributed by atoms with Crippen LogP contribution in [0.1, 0.15) is 52.9 Å². The minimum absolute atomic E-state index is 0.0785. The van der Waals surface area contributed by atoms with Crippen LogP contribution in [0.4, 0.5) is 0 Å². The van der Waals surface area contributed by atoms with Crippen LogP contribution in [0.2, 0.25) is 0 Å². The highest BCUT2D eigenvalue weighted by Crippen LogP contribution is 2.25. The summed E-state index contributed by atoms with van der Waals surface area (Å²) in [6.45, 7) is 7.32. The van der Waals surface area contributed by atoms with Gasteiger partial charge in [0.25, 0.3) is 0 Å². The van der Waals surface area contributed by atoms with Gasteiger partial charge in [-0.3, -0.25) is 9.59 Å². The smallest absolute Gasteiger partial charge is 0.308 e. The minimum Gasteiger partial charge on any atom is -0.481 e. The molecule has 2 unspecified atom stereocenters. The Kier molecular flexibility index (Phi) is 6.32. The zero-order chi connectivity index (χ0) is 14.4. The lowest BCUT2D eigenvalue weighted by atomic mass is 9.88. The zero-order valence-corrected chi connectivity index (χ0v) is 12.4. The summed E-state index contributed by atoms with van der Waals surface area (Å²) in [6, 6.07) is 0. The first-order chi connectivity index (χ1) is 8.99. The molecule has 2 atom stereocenters.